The molecular weight excluding hydrogens is 631 g/mol. The van der Waals surface area contributed by atoms with E-state index in [0.717, 1.165) is 38.5 Å². The second kappa shape index (κ2) is 14.1. The Hall–Kier alpha value is -1.43. The molecule has 0 aliphatic heterocycles. The first-order chi connectivity index (χ1) is 20.6. The Bertz CT molecular complexity index is 1110. The SMILES string of the molecule is CC(=O)[C@@H]1[C@H]([C@H]([Se]c2ccccc2)[Si](C)(C)C)C1(C(=O)O[C@@H]1C[C@H](C)CC[C@H]1C(C)C)C(=O)O[C@@H]1C[C@H](C)CC[C@H]1C(C)C. The topological polar surface area (TPSA) is 69.7 Å². The Morgan fingerprint density at radius 1 is 0.795 bits per heavy atom. The van der Waals surface area contributed by atoms with E-state index >= 15 is 0 Å². The summed E-state index contributed by atoms with van der Waals surface area (Å²) in [5.74, 6) is -0.00128. The molecule has 0 amide bonds. The van der Waals surface area contributed by atoms with Crippen molar-refractivity contribution in [1.29, 1.82) is 0 Å². The number of ketones is 1. The van der Waals surface area contributed by atoms with Crippen LogP contribution in [0.1, 0.15) is 87.0 Å². The van der Waals surface area contributed by atoms with Crippen molar-refractivity contribution in [2.75, 3.05) is 0 Å². The summed E-state index contributed by atoms with van der Waals surface area (Å²) in [7, 11) is -1.97. The van der Waals surface area contributed by atoms with Gasteiger partial charge >= 0.3 is 275 Å². The van der Waals surface area contributed by atoms with Crippen molar-refractivity contribution in [3.05, 3.63) is 30.3 Å². The summed E-state index contributed by atoms with van der Waals surface area (Å²) in [6.45, 7) is 21.7. The number of carbonyl (C=O) groups excluding carboxylic acids is 3. The summed E-state index contributed by atoms with van der Waals surface area (Å²) in [6, 6.07) is 10.4. The minimum absolute atomic E-state index is 0.00789. The molecule has 0 aromatic heterocycles. The van der Waals surface area contributed by atoms with Gasteiger partial charge in [0.05, 0.1) is 0 Å². The van der Waals surface area contributed by atoms with E-state index in [1.807, 2.05) is 6.07 Å². The van der Waals surface area contributed by atoms with Gasteiger partial charge in [-0.1, -0.05) is 0 Å². The molecule has 0 heterocycles. The van der Waals surface area contributed by atoms with Gasteiger partial charge in [0.2, 0.25) is 0 Å². The molecule has 0 N–H and O–H groups in total. The molecule has 0 spiro atoms. The molecule has 3 saturated carbocycles. The van der Waals surface area contributed by atoms with Crippen LogP contribution in [0, 0.1) is 52.8 Å². The number of rotatable bonds is 11. The van der Waals surface area contributed by atoms with E-state index in [1.54, 1.807) is 6.92 Å². The number of Topliss-reactive ketones (excluding diaryl/α,β-unsaturated/α-hetero) is 1. The Morgan fingerprint density at radius 3 is 1.64 bits per heavy atom. The van der Waals surface area contributed by atoms with Crippen molar-refractivity contribution < 1.29 is 23.9 Å². The van der Waals surface area contributed by atoms with E-state index in [0.29, 0.717) is 23.7 Å². The Balaban J connectivity index is 1.77. The van der Waals surface area contributed by atoms with Gasteiger partial charge in [-0.2, -0.15) is 0 Å². The Labute approximate surface area is 274 Å². The Morgan fingerprint density at radius 2 is 1.25 bits per heavy atom. The van der Waals surface area contributed by atoms with Crippen LogP contribution in [0.25, 0.3) is 0 Å². The average Bonchev–Trinajstić information content (AvgIpc) is 3.63. The minimum atomic E-state index is -1.97. The van der Waals surface area contributed by atoms with E-state index < -0.39 is 31.3 Å². The molecule has 3 aliphatic rings. The molecule has 0 unspecified atom stereocenters. The molecule has 9 atom stereocenters. The predicted octanol–water partition coefficient (Wildman–Crippen LogP) is 7.51. The zero-order valence-corrected chi connectivity index (χ0v) is 31.6. The molecule has 246 valence electrons. The maximum absolute atomic E-state index is 14.8. The third-order valence-electron chi connectivity index (χ3n) is 11.0. The van der Waals surface area contributed by atoms with Gasteiger partial charge in [-0.15, -0.1) is 0 Å². The molecule has 3 aliphatic carbocycles. The summed E-state index contributed by atoms with van der Waals surface area (Å²) in [4.78, 5) is 43.1. The summed E-state index contributed by atoms with van der Waals surface area (Å²) >= 11 is -0.00789. The van der Waals surface area contributed by atoms with Gasteiger partial charge in [0, 0.05) is 0 Å². The third kappa shape index (κ3) is 7.41. The quantitative estimate of drug-likeness (QED) is 0.137. The molecular formula is C37H58O5SeSi. The van der Waals surface area contributed by atoms with E-state index in [1.165, 1.54) is 4.46 Å². The van der Waals surface area contributed by atoms with E-state index in [2.05, 4.69) is 85.4 Å². The van der Waals surface area contributed by atoms with E-state index in [4.69, 9.17) is 9.47 Å². The number of benzene rings is 1. The van der Waals surface area contributed by atoms with Gasteiger partial charge in [0.25, 0.3) is 0 Å². The Kier molecular flexibility index (Phi) is 11.4. The van der Waals surface area contributed by atoms with Crippen LogP contribution in [-0.4, -0.2) is 53.0 Å². The van der Waals surface area contributed by atoms with Gasteiger partial charge in [0.15, 0.2) is 0 Å². The maximum atomic E-state index is 14.8. The van der Waals surface area contributed by atoms with Crippen LogP contribution < -0.4 is 4.46 Å². The van der Waals surface area contributed by atoms with Gasteiger partial charge in [0.1, 0.15) is 0 Å². The van der Waals surface area contributed by atoms with Crippen molar-refractivity contribution in [2.45, 2.75) is 123 Å². The van der Waals surface area contributed by atoms with Crippen LogP contribution in [0.2, 0.25) is 24.1 Å². The third-order valence-corrected chi connectivity index (χ3v) is 20.4. The summed E-state index contributed by atoms with van der Waals surface area (Å²) in [5.41, 5.74) is -1.56. The average molecular weight is 690 g/mol. The summed E-state index contributed by atoms with van der Waals surface area (Å²) in [6.07, 6.45) is 5.39. The second-order valence-corrected chi connectivity index (χ2v) is 25.1. The molecule has 5 nitrogen and oxygen atoms in total. The van der Waals surface area contributed by atoms with Crippen LogP contribution in [0.5, 0.6) is 0 Å². The molecule has 0 radical (unpaired) electrons. The van der Waals surface area contributed by atoms with Crippen LogP contribution in [-0.2, 0) is 23.9 Å². The van der Waals surface area contributed by atoms with Crippen molar-refractivity contribution in [1.82, 2.24) is 0 Å². The molecule has 7 heteroatoms. The molecule has 44 heavy (non-hydrogen) atoms. The second-order valence-electron chi connectivity index (χ2n) is 16.2. The zero-order chi connectivity index (χ0) is 32.6. The number of hydrogen-bond acceptors (Lipinski definition) is 5. The summed E-state index contributed by atoms with van der Waals surface area (Å²) in [5, 5.41) is 0. The molecule has 0 bridgehead atoms. The van der Waals surface area contributed by atoms with Gasteiger partial charge < -0.3 is 0 Å². The number of carbonyl (C=O) groups is 3. The first-order valence-electron chi connectivity index (χ1n) is 17.2. The van der Waals surface area contributed by atoms with Crippen molar-refractivity contribution in [3.8, 4) is 0 Å². The van der Waals surface area contributed by atoms with Crippen LogP contribution in [0.3, 0.4) is 0 Å². The van der Waals surface area contributed by atoms with E-state index in [9.17, 15) is 14.4 Å². The fourth-order valence-electron chi connectivity index (χ4n) is 8.42. The predicted molar refractivity (Wildman–Crippen MR) is 181 cm³/mol. The fraction of sp³-hybridized carbons (Fsp3) is 0.757. The summed E-state index contributed by atoms with van der Waals surface area (Å²) < 4.78 is 14.4. The molecule has 4 rings (SSSR count). The van der Waals surface area contributed by atoms with Gasteiger partial charge in [-0.25, -0.2) is 0 Å². The molecule has 0 saturated heterocycles. The molecule has 1 aromatic carbocycles. The van der Waals surface area contributed by atoms with Gasteiger partial charge in [-0.05, 0) is 0 Å². The van der Waals surface area contributed by atoms with Crippen LogP contribution >= 0.6 is 0 Å². The van der Waals surface area contributed by atoms with Crippen molar-refractivity contribution in [2.24, 2.45) is 52.8 Å². The van der Waals surface area contributed by atoms with Crippen molar-refractivity contribution >= 4 is 45.2 Å². The first kappa shape index (κ1) is 35.4. The van der Waals surface area contributed by atoms with Crippen LogP contribution in [0.15, 0.2) is 30.3 Å². The number of esters is 2. The fourth-order valence-corrected chi connectivity index (χ4v) is 15.6. The zero-order valence-electron chi connectivity index (χ0n) is 28.9. The van der Waals surface area contributed by atoms with Crippen molar-refractivity contribution in [3.63, 3.8) is 0 Å². The molecule has 3 fully saturated rings. The number of ether oxygens (including phenoxy) is 2. The normalized spacial score (nSPS) is 32.6. The molecule has 1 aromatic rings. The monoisotopic (exact) mass is 690 g/mol. The van der Waals surface area contributed by atoms with E-state index in [-0.39, 0.29) is 55.1 Å². The first-order valence-corrected chi connectivity index (χ1v) is 22.7. The number of hydrogen-bond donors (Lipinski definition) is 0. The van der Waals surface area contributed by atoms with Crippen LogP contribution in [0.4, 0.5) is 0 Å². The standard InChI is InChI=1S/C37H58O5SeSi/c1-22(2)28-18-16-24(5)20-30(28)41-35(39)37(36(40)42-31-21-25(6)17-19-29(31)23(3)4)32(26(7)38)33(37)34(44(8,9)10)43-27-14-12-11-13-15-27/h11-15,22-25,28-34H,16-21H2,1-10H3/t24-,25-,28+,29+,30-,31-,32-,33-,34-/m1/s1. The van der Waals surface area contributed by atoms with Gasteiger partial charge in [-0.3, -0.25) is 0 Å².